The quantitative estimate of drug-likeness (QED) is 0.667. The van der Waals surface area contributed by atoms with Gasteiger partial charge in [0.15, 0.2) is 6.61 Å². The summed E-state index contributed by atoms with van der Waals surface area (Å²) >= 11 is 0. The van der Waals surface area contributed by atoms with Gasteiger partial charge in [0.25, 0.3) is 5.91 Å². The topological polar surface area (TPSA) is 104 Å². The van der Waals surface area contributed by atoms with Crippen molar-refractivity contribution in [2.24, 2.45) is 0 Å². The number of hydrogen-bond donors (Lipinski definition) is 1. The molecule has 2 heterocycles. The van der Waals surface area contributed by atoms with Gasteiger partial charge in [-0.2, -0.15) is 4.31 Å². The average molecular weight is 473 g/mol. The normalized spacial score (nSPS) is 21.0. The molecule has 1 saturated heterocycles. The number of benzene rings is 2. The molecule has 1 unspecified atom stereocenters. The van der Waals surface area contributed by atoms with E-state index >= 15 is 0 Å². The lowest BCUT2D eigenvalue weighted by Gasteiger charge is -2.29. The van der Waals surface area contributed by atoms with Crippen molar-refractivity contribution in [3.63, 3.8) is 0 Å². The Morgan fingerprint density at radius 3 is 2.64 bits per heavy atom. The van der Waals surface area contributed by atoms with Crippen LogP contribution in [0.25, 0.3) is 0 Å². The number of aryl methyl sites for hydroxylation is 3. The van der Waals surface area contributed by atoms with Crippen molar-refractivity contribution >= 4 is 27.6 Å². The maximum absolute atomic E-state index is 13.2. The molecule has 0 aromatic heterocycles. The summed E-state index contributed by atoms with van der Waals surface area (Å²) in [5.41, 5.74) is 3.62. The Hall–Kier alpha value is -2.75. The van der Waals surface area contributed by atoms with E-state index in [1.54, 1.807) is 17.0 Å². The predicted octanol–water partition coefficient (Wildman–Crippen LogP) is 1.95. The van der Waals surface area contributed by atoms with E-state index in [-0.39, 0.29) is 23.8 Å². The molecule has 0 bridgehead atoms. The molecule has 2 aliphatic heterocycles. The zero-order valence-corrected chi connectivity index (χ0v) is 19.5. The minimum Gasteiger partial charge on any atom is -0.454 e. The molecule has 2 aromatic carbocycles. The van der Waals surface area contributed by atoms with Crippen molar-refractivity contribution in [2.45, 2.75) is 50.2 Å². The van der Waals surface area contributed by atoms with Crippen molar-refractivity contribution in [3.8, 4) is 0 Å². The number of aliphatic hydroxyl groups excluding tert-OH is 1. The van der Waals surface area contributed by atoms with Gasteiger partial charge in [-0.05, 0) is 61.6 Å². The first kappa shape index (κ1) is 23.4. The molecular weight excluding hydrogens is 444 g/mol. The Kier molecular flexibility index (Phi) is 6.56. The molecule has 0 saturated carbocycles. The van der Waals surface area contributed by atoms with Crippen molar-refractivity contribution in [1.82, 2.24) is 4.31 Å². The third-order valence-corrected chi connectivity index (χ3v) is 8.21. The van der Waals surface area contributed by atoms with Crippen molar-refractivity contribution in [3.05, 3.63) is 59.2 Å². The van der Waals surface area contributed by atoms with Crippen LogP contribution in [-0.2, 0) is 30.8 Å². The molecule has 0 radical (unpaired) electrons. The number of para-hydroxylation sites is 1. The monoisotopic (exact) mass is 472 g/mol. The van der Waals surface area contributed by atoms with Gasteiger partial charge in [0.2, 0.25) is 10.0 Å². The van der Waals surface area contributed by atoms with Gasteiger partial charge in [-0.15, -0.1) is 0 Å². The average Bonchev–Trinajstić information content (AvgIpc) is 3.21. The maximum Gasteiger partial charge on any atom is 0.325 e. The Labute approximate surface area is 193 Å². The third kappa shape index (κ3) is 4.66. The van der Waals surface area contributed by atoms with Gasteiger partial charge >= 0.3 is 5.97 Å². The SMILES string of the molecule is Cc1ccc(S(=O)(=O)N2CC(O)C[C@H]2C(=O)OCC(=O)N2CCCc3ccccc32)cc1C. The van der Waals surface area contributed by atoms with E-state index in [0.29, 0.717) is 6.54 Å². The number of ether oxygens (including phenoxy) is 1. The second-order valence-electron chi connectivity index (χ2n) is 8.61. The molecule has 9 heteroatoms. The lowest BCUT2D eigenvalue weighted by atomic mass is 10.0. The molecule has 2 aromatic rings. The molecule has 4 rings (SSSR count). The molecule has 1 N–H and O–H groups in total. The van der Waals surface area contributed by atoms with Crippen molar-refractivity contribution in [1.29, 1.82) is 0 Å². The molecule has 8 nitrogen and oxygen atoms in total. The summed E-state index contributed by atoms with van der Waals surface area (Å²) in [7, 11) is -4.03. The van der Waals surface area contributed by atoms with E-state index < -0.39 is 34.7 Å². The number of anilines is 1. The number of β-amino-alcohol motifs (C(OH)–C–C–N with tert-alkyl or cyclic N) is 1. The number of aliphatic hydroxyl groups is 1. The lowest BCUT2D eigenvalue weighted by molar-refractivity contribution is -0.151. The Morgan fingerprint density at radius 2 is 1.88 bits per heavy atom. The molecular formula is C24H28N2O6S. The van der Waals surface area contributed by atoms with Gasteiger partial charge < -0.3 is 14.7 Å². The van der Waals surface area contributed by atoms with E-state index in [1.807, 2.05) is 38.1 Å². The number of esters is 1. The zero-order chi connectivity index (χ0) is 23.8. The maximum atomic E-state index is 13.2. The minimum absolute atomic E-state index is 0.0542. The molecule has 2 atom stereocenters. The highest BCUT2D eigenvalue weighted by Gasteiger charge is 2.44. The number of sulfonamides is 1. The Morgan fingerprint density at radius 1 is 1.12 bits per heavy atom. The van der Waals surface area contributed by atoms with Gasteiger partial charge in [-0.25, -0.2) is 8.42 Å². The molecule has 1 amide bonds. The van der Waals surface area contributed by atoms with Crippen LogP contribution in [0.3, 0.4) is 0 Å². The lowest BCUT2D eigenvalue weighted by Crippen LogP contribution is -2.43. The molecule has 176 valence electrons. The van der Waals surface area contributed by atoms with Crippen LogP contribution in [0.15, 0.2) is 47.4 Å². The number of carbonyl (C=O) groups is 2. The minimum atomic E-state index is -4.03. The van der Waals surface area contributed by atoms with E-state index in [4.69, 9.17) is 4.74 Å². The van der Waals surface area contributed by atoms with E-state index in [1.165, 1.54) is 6.07 Å². The first-order valence-electron chi connectivity index (χ1n) is 11.0. The highest BCUT2D eigenvalue weighted by Crippen LogP contribution is 2.29. The highest BCUT2D eigenvalue weighted by molar-refractivity contribution is 7.89. The number of rotatable bonds is 5. The van der Waals surface area contributed by atoms with Crippen LogP contribution in [-0.4, -0.2) is 61.5 Å². The summed E-state index contributed by atoms with van der Waals surface area (Å²) < 4.78 is 32.7. The second-order valence-corrected chi connectivity index (χ2v) is 10.5. The van der Waals surface area contributed by atoms with E-state index in [0.717, 1.165) is 39.5 Å². The summed E-state index contributed by atoms with van der Waals surface area (Å²) in [4.78, 5) is 27.3. The van der Waals surface area contributed by atoms with Gasteiger partial charge in [-0.3, -0.25) is 9.59 Å². The molecule has 33 heavy (non-hydrogen) atoms. The van der Waals surface area contributed by atoms with E-state index in [9.17, 15) is 23.1 Å². The summed E-state index contributed by atoms with van der Waals surface area (Å²) in [6.45, 7) is 3.52. The number of amides is 1. The van der Waals surface area contributed by atoms with Gasteiger partial charge in [0.05, 0.1) is 11.0 Å². The highest BCUT2D eigenvalue weighted by atomic mass is 32.2. The molecule has 0 spiro atoms. The first-order valence-corrected chi connectivity index (χ1v) is 12.4. The van der Waals surface area contributed by atoms with Crippen LogP contribution in [0.2, 0.25) is 0 Å². The van der Waals surface area contributed by atoms with Crippen molar-refractivity contribution < 1.29 is 27.9 Å². The summed E-state index contributed by atoms with van der Waals surface area (Å²) in [5, 5.41) is 10.1. The standard InChI is InChI=1S/C24H28N2O6S/c1-16-9-10-20(12-17(16)2)33(30,31)26-14-19(27)13-22(26)24(29)32-15-23(28)25-11-5-7-18-6-3-4-8-21(18)25/h3-4,6,8-10,12,19,22,27H,5,7,11,13-15H2,1-2H3/t19?,22-/m0/s1. The first-order chi connectivity index (χ1) is 15.7. The fraction of sp³-hybridized carbons (Fsp3) is 0.417. The summed E-state index contributed by atoms with van der Waals surface area (Å²) in [5.74, 6) is -1.20. The molecule has 1 fully saturated rings. The van der Waals surface area contributed by atoms with Crippen molar-refractivity contribution in [2.75, 3.05) is 24.6 Å². The predicted molar refractivity (Wildman–Crippen MR) is 122 cm³/mol. The van der Waals surface area contributed by atoms with Gasteiger partial charge in [0, 0.05) is 25.2 Å². The second kappa shape index (κ2) is 9.24. The zero-order valence-electron chi connectivity index (χ0n) is 18.7. The fourth-order valence-electron chi connectivity index (χ4n) is 4.37. The van der Waals surface area contributed by atoms with Gasteiger partial charge in [-0.1, -0.05) is 24.3 Å². The van der Waals surface area contributed by atoms with Crippen LogP contribution in [0.5, 0.6) is 0 Å². The van der Waals surface area contributed by atoms with Crippen LogP contribution >= 0.6 is 0 Å². The third-order valence-electron chi connectivity index (χ3n) is 6.34. The van der Waals surface area contributed by atoms with Crippen LogP contribution in [0.4, 0.5) is 5.69 Å². The van der Waals surface area contributed by atoms with Gasteiger partial charge in [0.1, 0.15) is 6.04 Å². The fourth-order valence-corrected chi connectivity index (χ4v) is 6.09. The molecule has 2 aliphatic rings. The number of hydrogen-bond acceptors (Lipinski definition) is 6. The Bertz CT molecular complexity index is 1180. The van der Waals surface area contributed by atoms with Crippen LogP contribution in [0.1, 0.15) is 29.5 Å². The van der Waals surface area contributed by atoms with E-state index in [2.05, 4.69) is 0 Å². The molecule has 0 aliphatic carbocycles. The summed E-state index contributed by atoms with van der Waals surface area (Å²) in [6.07, 6.45) is 0.621. The number of carbonyl (C=O) groups excluding carboxylic acids is 2. The smallest absolute Gasteiger partial charge is 0.325 e. The van der Waals surface area contributed by atoms with Crippen LogP contribution in [0, 0.1) is 13.8 Å². The number of fused-ring (bicyclic) bond motifs is 1. The largest absolute Gasteiger partial charge is 0.454 e. The Balaban J connectivity index is 1.47. The summed E-state index contributed by atoms with van der Waals surface area (Å²) in [6, 6.07) is 11.2. The van der Waals surface area contributed by atoms with Crippen LogP contribution < -0.4 is 4.90 Å². The number of nitrogens with zero attached hydrogens (tertiary/aromatic N) is 2.